The second-order valence-corrected chi connectivity index (χ2v) is 7.90. The van der Waals surface area contributed by atoms with Crippen LogP contribution in [-0.2, 0) is 23.6 Å². The number of rotatable bonds is 6. The zero-order valence-electron chi connectivity index (χ0n) is 12.9. The number of aryl methyl sites for hydroxylation is 1. The van der Waals surface area contributed by atoms with Crippen LogP contribution in [0, 0.1) is 0 Å². The first-order valence-electron chi connectivity index (χ1n) is 7.24. The van der Waals surface area contributed by atoms with Gasteiger partial charge in [0.1, 0.15) is 5.75 Å². The Morgan fingerprint density at radius 3 is 2.70 bits per heavy atom. The molecular weight excluding hydrogens is 338 g/mol. The highest BCUT2D eigenvalue weighted by atomic mass is 35.5. The van der Waals surface area contributed by atoms with Crippen molar-refractivity contribution in [2.45, 2.75) is 30.3 Å². The minimum atomic E-state index is -3.62. The normalized spacial score (nSPS) is 15.1. The van der Waals surface area contributed by atoms with Gasteiger partial charge in [0.05, 0.1) is 23.2 Å². The molecule has 6 nitrogen and oxygen atoms in total. The summed E-state index contributed by atoms with van der Waals surface area (Å²) < 4.78 is 34.2. The molecule has 1 aromatic carbocycles. The van der Waals surface area contributed by atoms with Crippen LogP contribution in [0.4, 0.5) is 0 Å². The van der Waals surface area contributed by atoms with Crippen LogP contribution in [-0.4, -0.2) is 35.7 Å². The van der Waals surface area contributed by atoms with Crippen LogP contribution < -0.4 is 4.74 Å². The number of sulfonamides is 1. The molecule has 0 atom stereocenters. The Hall–Kier alpha value is -1.57. The maximum Gasteiger partial charge on any atom is 0.243 e. The van der Waals surface area contributed by atoms with Gasteiger partial charge in [-0.2, -0.15) is 9.40 Å². The van der Waals surface area contributed by atoms with Crippen molar-refractivity contribution in [3.63, 3.8) is 0 Å². The molecule has 0 radical (unpaired) electrons. The van der Waals surface area contributed by atoms with Crippen LogP contribution in [0.5, 0.6) is 5.75 Å². The zero-order valence-corrected chi connectivity index (χ0v) is 14.5. The number of methoxy groups -OCH3 is 1. The van der Waals surface area contributed by atoms with E-state index in [4.69, 9.17) is 16.3 Å². The molecule has 0 spiro atoms. The van der Waals surface area contributed by atoms with E-state index >= 15 is 0 Å². The van der Waals surface area contributed by atoms with Crippen molar-refractivity contribution in [2.75, 3.05) is 7.11 Å². The van der Waals surface area contributed by atoms with Crippen LogP contribution in [0.25, 0.3) is 0 Å². The Bertz CT molecular complexity index is 815. The van der Waals surface area contributed by atoms with Crippen LogP contribution in [0.3, 0.4) is 0 Å². The van der Waals surface area contributed by atoms with Crippen molar-refractivity contribution in [1.82, 2.24) is 14.1 Å². The first-order valence-corrected chi connectivity index (χ1v) is 9.06. The number of hydrogen-bond donors (Lipinski definition) is 0. The standard InChI is InChI=1S/C15H18ClN3O3S/c1-18-9-11(8-17-18)10-19(12-3-4-12)23(20,21)13-5-6-15(22-2)14(16)7-13/h5-9,12H,3-4,10H2,1-2H3. The topological polar surface area (TPSA) is 64.4 Å². The first kappa shape index (κ1) is 16.3. The highest BCUT2D eigenvalue weighted by Crippen LogP contribution is 2.35. The third kappa shape index (κ3) is 3.36. The molecule has 2 aromatic rings. The van der Waals surface area contributed by atoms with Crippen molar-refractivity contribution in [2.24, 2.45) is 7.05 Å². The monoisotopic (exact) mass is 355 g/mol. The highest BCUT2D eigenvalue weighted by Gasteiger charge is 2.38. The SMILES string of the molecule is COc1ccc(S(=O)(=O)N(Cc2cnn(C)c2)C2CC2)cc1Cl. The van der Waals surface area contributed by atoms with E-state index < -0.39 is 10.0 Å². The molecule has 3 rings (SSSR count). The lowest BCUT2D eigenvalue weighted by atomic mass is 10.3. The van der Waals surface area contributed by atoms with Gasteiger partial charge in [0.2, 0.25) is 10.0 Å². The van der Waals surface area contributed by atoms with Crippen molar-refractivity contribution in [1.29, 1.82) is 0 Å². The molecule has 0 N–H and O–H groups in total. The first-order chi connectivity index (χ1) is 10.9. The third-order valence-corrected chi connectivity index (χ3v) is 5.97. The molecule has 1 fully saturated rings. The zero-order chi connectivity index (χ0) is 16.6. The molecule has 1 aromatic heterocycles. The summed E-state index contributed by atoms with van der Waals surface area (Å²) in [6.07, 6.45) is 5.27. The Labute approximate surface area is 140 Å². The number of ether oxygens (including phenoxy) is 1. The molecular formula is C15H18ClN3O3S. The van der Waals surface area contributed by atoms with Gasteiger partial charge in [0, 0.05) is 31.4 Å². The summed E-state index contributed by atoms with van der Waals surface area (Å²) in [6, 6.07) is 4.58. The fourth-order valence-corrected chi connectivity index (χ4v) is 4.47. The van der Waals surface area contributed by atoms with Crippen LogP contribution >= 0.6 is 11.6 Å². The van der Waals surface area contributed by atoms with Crippen LogP contribution in [0.1, 0.15) is 18.4 Å². The smallest absolute Gasteiger partial charge is 0.243 e. The fourth-order valence-electron chi connectivity index (χ4n) is 2.45. The van der Waals surface area contributed by atoms with Gasteiger partial charge in [-0.15, -0.1) is 0 Å². The molecule has 1 aliphatic carbocycles. The summed E-state index contributed by atoms with van der Waals surface area (Å²) in [6.45, 7) is 0.310. The van der Waals surface area contributed by atoms with Gasteiger partial charge in [-0.05, 0) is 31.0 Å². The van der Waals surface area contributed by atoms with Crippen molar-refractivity contribution < 1.29 is 13.2 Å². The number of nitrogens with zero attached hydrogens (tertiary/aromatic N) is 3. The minimum Gasteiger partial charge on any atom is -0.495 e. The van der Waals surface area contributed by atoms with Gasteiger partial charge in [0.25, 0.3) is 0 Å². The van der Waals surface area contributed by atoms with E-state index in [9.17, 15) is 8.42 Å². The molecule has 1 aliphatic rings. The summed E-state index contributed by atoms with van der Waals surface area (Å²) in [5, 5.41) is 4.38. The Balaban J connectivity index is 1.93. The molecule has 124 valence electrons. The predicted molar refractivity (Wildman–Crippen MR) is 87.0 cm³/mol. The van der Waals surface area contributed by atoms with E-state index in [2.05, 4.69) is 5.10 Å². The minimum absolute atomic E-state index is 0.0427. The number of halogens is 1. The summed E-state index contributed by atoms with van der Waals surface area (Å²) >= 11 is 6.08. The van der Waals surface area contributed by atoms with E-state index in [1.54, 1.807) is 16.9 Å². The second-order valence-electron chi connectivity index (χ2n) is 5.60. The molecule has 0 bridgehead atoms. The average Bonchev–Trinajstić information content (AvgIpc) is 3.26. The molecule has 0 unspecified atom stereocenters. The Kier molecular flexibility index (Phi) is 4.35. The van der Waals surface area contributed by atoms with E-state index in [1.807, 2.05) is 13.2 Å². The highest BCUT2D eigenvalue weighted by molar-refractivity contribution is 7.89. The lowest BCUT2D eigenvalue weighted by Gasteiger charge is -2.21. The summed E-state index contributed by atoms with van der Waals surface area (Å²) in [7, 11) is -0.315. The predicted octanol–water partition coefficient (Wildman–Crippen LogP) is 2.44. The maximum absolute atomic E-state index is 13.0. The average molecular weight is 356 g/mol. The molecule has 8 heteroatoms. The van der Waals surface area contributed by atoms with Crippen LogP contribution in [0.15, 0.2) is 35.5 Å². The molecule has 23 heavy (non-hydrogen) atoms. The molecule has 1 heterocycles. The van der Waals surface area contributed by atoms with Gasteiger partial charge < -0.3 is 4.74 Å². The number of hydrogen-bond acceptors (Lipinski definition) is 4. The van der Waals surface area contributed by atoms with Crippen molar-refractivity contribution in [3.05, 3.63) is 41.2 Å². The summed E-state index contributed by atoms with van der Waals surface area (Å²) in [5.74, 6) is 0.454. The van der Waals surface area contributed by atoms with E-state index in [0.717, 1.165) is 18.4 Å². The quantitative estimate of drug-likeness (QED) is 0.798. The van der Waals surface area contributed by atoms with Crippen LogP contribution in [0.2, 0.25) is 5.02 Å². The Morgan fingerprint density at radius 2 is 2.17 bits per heavy atom. The fraction of sp³-hybridized carbons (Fsp3) is 0.400. The van der Waals surface area contributed by atoms with Crippen molar-refractivity contribution >= 4 is 21.6 Å². The number of benzene rings is 1. The summed E-state index contributed by atoms with van der Waals surface area (Å²) in [4.78, 5) is 0.180. The van der Waals surface area contributed by atoms with Crippen molar-refractivity contribution in [3.8, 4) is 5.75 Å². The molecule has 1 saturated carbocycles. The largest absolute Gasteiger partial charge is 0.495 e. The van der Waals surface area contributed by atoms with Gasteiger partial charge in [-0.25, -0.2) is 8.42 Å². The van der Waals surface area contributed by atoms with Gasteiger partial charge in [0.15, 0.2) is 0 Å². The molecule has 0 amide bonds. The maximum atomic E-state index is 13.0. The number of aromatic nitrogens is 2. The van der Waals surface area contributed by atoms with Gasteiger partial charge in [-0.3, -0.25) is 4.68 Å². The molecule has 0 aliphatic heterocycles. The van der Waals surface area contributed by atoms with E-state index in [-0.39, 0.29) is 16.0 Å². The second kappa shape index (κ2) is 6.14. The van der Waals surface area contributed by atoms with E-state index in [1.165, 1.54) is 23.5 Å². The summed E-state index contributed by atoms with van der Waals surface area (Å²) in [5.41, 5.74) is 0.864. The van der Waals surface area contributed by atoms with E-state index in [0.29, 0.717) is 12.3 Å². The Morgan fingerprint density at radius 1 is 1.43 bits per heavy atom. The van der Waals surface area contributed by atoms with Gasteiger partial charge >= 0.3 is 0 Å². The van der Waals surface area contributed by atoms with Gasteiger partial charge in [-0.1, -0.05) is 11.6 Å². The lowest BCUT2D eigenvalue weighted by Crippen LogP contribution is -2.32. The molecule has 0 saturated heterocycles. The third-order valence-electron chi connectivity index (χ3n) is 3.78. The lowest BCUT2D eigenvalue weighted by molar-refractivity contribution is 0.398.